The number of hydrogen-bond donors (Lipinski definition) is 0. The lowest BCUT2D eigenvalue weighted by Gasteiger charge is -2.08. The van der Waals surface area contributed by atoms with Crippen LogP contribution < -0.4 is 4.74 Å². The molecule has 0 saturated heterocycles. The maximum atomic E-state index is 13.5. The van der Waals surface area contributed by atoms with Gasteiger partial charge in [-0.05, 0) is 67.1 Å². The summed E-state index contributed by atoms with van der Waals surface area (Å²) in [6.45, 7) is 1.99. The summed E-state index contributed by atoms with van der Waals surface area (Å²) in [5.41, 5.74) is 5.40. The number of fused-ring (bicyclic) bond motifs is 1. The number of carbonyl (C=O) groups is 1. The first-order valence-electron chi connectivity index (χ1n) is 10.6. The Bertz CT molecular complexity index is 1500. The second-order valence-corrected chi connectivity index (χ2v) is 10.2. The molecule has 170 valence electrons. The van der Waals surface area contributed by atoms with Gasteiger partial charge < -0.3 is 4.74 Å². The molecule has 3 aromatic carbocycles. The van der Waals surface area contributed by atoms with Crippen molar-refractivity contribution in [2.45, 2.75) is 13.3 Å². The number of methoxy groups -OCH3 is 1. The lowest BCUT2D eigenvalue weighted by Crippen LogP contribution is -2.13. The molecule has 0 fully saturated rings. The summed E-state index contributed by atoms with van der Waals surface area (Å²) >= 11 is 11.1. The van der Waals surface area contributed by atoms with Gasteiger partial charge in [-0.25, -0.2) is 4.98 Å². The predicted molar refractivity (Wildman–Crippen MR) is 142 cm³/mol. The van der Waals surface area contributed by atoms with Gasteiger partial charge in [-0.3, -0.25) is 9.36 Å². The lowest BCUT2D eigenvalue weighted by molar-refractivity contribution is 0.0963. The molecular formula is C27H20BrClN2O2S. The minimum atomic E-state index is -0.0626. The van der Waals surface area contributed by atoms with Gasteiger partial charge in [0, 0.05) is 43.5 Å². The Hall–Kier alpha value is -2.93. The number of carbonyl (C=O) groups excluding carboxylic acids is 1. The standard InChI is InChI=1S/C27H20BrClN2O2S/c1-16-22(14-26-30-24(15-34-26)17-5-9-20(29)10-6-17)23-13-21(33-2)11-12-25(23)31(16)27(32)18-3-7-19(28)8-4-18/h3-13,15H,14H2,1-2H3. The Kier molecular flexibility index (Phi) is 6.30. The van der Waals surface area contributed by atoms with Gasteiger partial charge in [-0.2, -0.15) is 0 Å². The molecule has 0 amide bonds. The molecule has 0 aliphatic carbocycles. The van der Waals surface area contributed by atoms with Crippen LogP contribution in [0.2, 0.25) is 5.02 Å². The van der Waals surface area contributed by atoms with E-state index < -0.39 is 0 Å². The van der Waals surface area contributed by atoms with Gasteiger partial charge in [0.1, 0.15) is 5.75 Å². The molecule has 0 aliphatic heterocycles. The molecule has 5 rings (SSSR count). The zero-order chi connectivity index (χ0) is 23.8. The molecule has 0 N–H and O–H groups in total. The van der Waals surface area contributed by atoms with Gasteiger partial charge in [0.2, 0.25) is 0 Å². The zero-order valence-electron chi connectivity index (χ0n) is 18.5. The number of benzene rings is 3. The van der Waals surface area contributed by atoms with Crippen molar-refractivity contribution in [3.05, 3.63) is 103 Å². The second-order valence-electron chi connectivity index (χ2n) is 7.90. The molecule has 5 aromatic rings. The third-order valence-electron chi connectivity index (χ3n) is 5.86. The fraction of sp³-hybridized carbons (Fsp3) is 0.111. The predicted octanol–water partition coefficient (Wildman–Crippen LogP) is 7.78. The normalized spacial score (nSPS) is 11.2. The molecule has 0 radical (unpaired) electrons. The van der Waals surface area contributed by atoms with E-state index in [4.69, 9.17) is 21.3 Å². The Morgan fingerprint density at radius 3 is 2.53 bits per heavy atom. The topological polar surface area (TPSA) is 44.1 Å². The molecular weight excluding hydrogens is 532 g/mol. The molecule has 7 heteroatoms. The molecule has 0 atom stereocenters. The summed E-state index contributed by atoms with van der Waals surface area (Å²) in [6.07, 6.45) is 0.619. The van der Waals surface area contributed by atoms with E-state index in [9.17, 15) is 4.79 Å². The number of nitrogens with zero attached hydrogens (tertiary/aromatic N) is 2. The highest BCUT2D eigenvalue weighted by atomic mass is 79.9. The van der Waals surface area contributed by atoms with Crippen molar-refractivity contribution in [3.8, 4) is 17.0 Å². The van der Waals surface area contributed by atoms with E-state index in [1.54, 1.807) is 23.0 Å². The van der Waals surface area contributed by atoms with Crippen molar-refractivity contribution in [2.75, 3.05) is 7.11 Å². The minimum absolute atomic E-state index is 0.0626. The van der Waals surface area contributed by atoms with Gasteiger partial charge >= 0.3 is 0 Å². The first kappa shape index (κ1) is 22.8. The fourth-order valence-electron chi connectivity index (χ4n) is 4.09. The number of thiazole rings is 1. The van der Waals surface area contributed by atoms with Crippen LogP contribution in [0.5, 0.6) is 5.75 Å². The quantitative estimate of drug-likeness (QED) is 0.224. The van der Waals surface area contributed by atoms with Crippen molar-refractivity contribution < 1.29 is 9.53 Å². The summed E-state index contributed by atoms with van der Waals surface area (Å²) in [4.78, 5) is 18.4. The fourth-order valence-corrected chi connectivity index (χ4v) is 5.30. The highest BCUT2D eigenvalue weighted by molar-refractivity contribution is 9.10. The largest absolute Gasteiger partial charge is 0.497 e. The Labute approximate surface area is 214 Å². The number of halogens is 2. The summed E-state index contributed by atoms with van der Waals surface area (Å²) in [5.74, 6) is 0.690. The average Bonchev–Trinajstić information content (AvgIpc) is 3.42. The number of hydrogen-bond acceptors (Lipinski definition) is 4. The molecule has 4 nitrogen and oxygen atoms in total. The monoisotopic (exact) mass is 550 g/mol. The van der Waals surface area contributed by atoms with E-state index in [2.05, 4.69) is 21.3 Å². The van der Waals surface area contributed by atoms with Gasteiger partial charge in [0.05, 0.1) is 23.3 Å². The molecule has 2 aromatic heterocycles. The number of ether oxygens (including phenoxy) is 1. The highest BCUT2D eigenvalue weighted by Gasteiger charge is 2.21. The van der Waals surface area contributed by atoms with Crippen LogP contribution in [0.4, 0.5) is 0 Å². The van der Waals surface area contributed by atoms with Crippen LogP contribution in [0.1, 0.15) is 26.6 Å². The second kappa shape index (κ2) is 9.37. The minimum Gasteiger partial charge on any atom is -0.497 e. The van der Waals surface area contributed by atoms with Gasteiger partial charge in [-0.1, -0.05) is 39.7 Å². The van der Waals surface area contributed by atoms with Gasteiger partial charge in [0.25, 0.3) is 5.91 Å². The maximum absolute atomic E-state index is 13.5. The maximum Gasteiger partial charge on any atom is 0.262 e. The Morgan fingerprint density at radius 1 is 1.09 bits per heavy atom. The van der Waals surface area contributed by atoms with E-state index in [-0.39, 0.29) is 5.91 Å². The van der Waals surface area contributed by atoms with Crippen molar-refractivity contribution in [3.63, 3.8) is 0 Å². The summed E-state index contributed by atoms with van der Waals surface area (Å²) in [6, 6.07) is 20.9. The molecule has 0 unspecified atom stereocenters. The molecule has 0 spiro atoms. The van der Waals surface area contributed by atoms with Crippen LogP contribution in [-0.4, -0.2) is 22.6 Å². The molecule has 0 aliphatic rings. The third kappa shape index (κ3) is 4.29. The highest BCUT2D eigenvalue weighted by Crippen LogP contribution is 2.33. The van der Waals surface area contributed by atoms with Crippen LogP contribution in [0.15, 0.2) is 76.6 Å². The van der Waals surface area contributed by atoms with Crippen LogP contribution in [0.25, 0.3) is 22.2 Å². The van der Waals surface area contributed by atoms with E-state index in [0.29, 0.717) is 17.0 Å². The van der Waals surface area contributed by atoms with Gasteiger partial charge in [-0.15, -0.1) is 11.3 Å². The molecule has 34 heavy (non-hydrogen) atoms. The van der Waals surface area contributed by atoms with Crippen molar-refractivity contribution in [2.24, 2.45) is 0 Å². The van der Waals surface area contributed by atoms with E-state index in [1.807, 2.05) is 73.7 Å². The zero-order valence-corrected chi connectivity index (χ0v) is 21.7. The molecule has 0 bridgehead atoms. The van der Waals surface area contributed by atoms with E-state index in [1.165, 1.54) is 0 Å². The van der Waals surface area contributed by atoms with E-state index >= 15 is 0 Å². The summed E-state index contributed by atoms with van der Waals surface area (Å²) < 4.78 is 8.21. The molecule has 0 saturated carbocycles. The number of aromatic nitrogens is 2. The lowest BCUT2D eigenvalue weighted by atomic mass is 10.1. The SMILES string of the molecule is COc1ccc2c(c1)c(Cc1nc(-c3ccc(Cl)cc3)cs1)c(C)n2C(=O)c1ccc(Br)cc1. The number of rotatable bonds is 5. The molecule has 2 heterocycles. The van der Waals surface area contributed by atoms with E-state index in [0.717, 1.165) is 48.6 Å². The summed E-state index contributed by atoms with van der Waals surface area (Å²) in [5, 5.41) is 4.73. The van der Waals surface area contributed by atoms with Crippen LogP contribution >= 0.6 is 38.9 Å². The van der Waals surface area contributed by atoms with Crippen molar-refractivity contribution in [1.29, 1.82) is 0 Å². The average molecular weight is 552 g/mol. The third-order valence-corrected chi connectivity index (χ3v) is 7.49. The first-order valence-corrected chi connectivity index (χ1v) is 12.7. The van der Waals surface area contributed by atoms with Crippen LogP contribution in [0, 0.1) is 6.92 Å². The summed E-state index contributed by atoms with van der Waals surface area (Å²) in [7, 11) is 1.65. The van der Waals surface area contributed by atoms with Crippen molar-refractivity contribution in [1.82, 2.24) is 9.55 Å². The van der Waals surface area contributed by atoms with Gasteiger partial charge in [0.15, 0.2) is 0 Å². The smallest absolute Gasteiger partial charge is 0.262 e. The Balaban J connectivity index is 1.58. The van der Waals surface area contributed by atoms with Crippen molar-refractivity contribution >= 4 is 55.7 Å². The first-order chi connectivity index (χ1) is 16.4. The Morgan fingerprint density at radius 2 is 1.82 bits per heavy atom. The van der Waals surface area contributed by atoms with Crippen LogP contribution in [-0.2, 0) is 6.42 Å². The van der Waals surface area contributed by atoms with Crippen LogP contribution in [0.3, 0.4) is 0 Å².